The van der Waals surface area contributed by atoms with Gasteiger partial charge in [0, 0.05) is 0 Å². The maximum absolute atomic E-state index is 12.2. The molecule has 2 amide bonds. The molecule has 6 nitrogen and oxygen atoms in total. The predicted molar refractivity (Wildman–Crippen MR) is 87.6 cm³/mol. The van der Waals surface area contributed by atoms with Crippen LogP contribution in [0.3, 0.4) is 0 Å². The van der Waals surface area contributed by atoms with Crippen LogP contribution >= 0.6 is 11.6 Å². The van der Waals surface area contributed by atoms with Gasteiger partial charge in [0.2, 0.25) is 0 Å². The number of esters is 1. The maximum atomic E-state index is 12.2. The van der Waals surface area contributed by atoms with Crippen molar-refractivity contribution >= 4 is 29.4 Å². The number of benzene rings is 1. The van der Waals surface area contributed by atoms with E-state index in [-0.39, 0.29) is 10.6 Å². The second kappa shape index (κ2) is 9.42. The highest BCUT2D eigenvalue weighted by Crippen LogP contribution is 2.16. The van der Waals surface area contributed by atoms with Gasteiger partial charge in [-0.1, -0.05) is 37.6 Å². The van der Waals surface area contributed by atoms with Crippen molar-refractivity contribution in [3.05, 3.63) is 34.9 Å². The Morgan fingerprint density at radius 2 is 1.81 bits per heavy atom. The van der Waals surface area contributed by atoms with Crippen molar-refractivity contribution < 1.29 is 32.3 Å². The first-order valence-corrected chi connectivity index (χ1v) is 7.94. The largest absolute Gasteiger partial charge is 0.454 e. The van der Waals surface area contributed by atoms with Gasteiger partial charge < -0.3 is 15.4 Å². The van der Waals surface area contributed by atoms with Gasteiger partial charge in [-0.05, 0) is 18.1 Å². The van der Waals surface area contributed by atoms with Crippen LogP contribution in [0.1, 0.15) is 24.2 Å². The minimum Gasteiger partial charge on any atom is -0.454 e. The summed E-state index contributed by atoms with van der Waals surface area (Å²) >= 11 is 5.91. The van der Waals surface area contributed by atoms with Crippen molar-refractivity contribution in [1.82, 2.24) is 10.6 Å². The highest BCUT2D eigenvalue weighted by Gasteiger charge is 2.29. The predicted octanol–water partition coefficient (Wildman–Crippen LogP) is 2.32. The molecule has 26 heavy (non-hydrogen) atoms. The first-order valence-electron chi connectivity index (χ1n) is 7.56. The molecule has 0 saturated carbocycles. The summed E-state index contributed by atoms with van der Waals surface area (Å²) < 4.78 is 40.7. The summed E-state index contributed by atoms with van der Waals surface area (Å²) in [7, 11) is 0. The fraction of sp³-hybridized carbons (Fsp3) is 0.438. The first kappa shape index (κ1) is 21.8. The molecule has 0 spiro atoms. The lowest BCUT2D eigenvalue weighted by molar-refractivity contribution is -0.153. The molecule has 1 aromatic carbocycles. The molecule has 0 radical (unpaired) electrons. The molecule has 0 aliphatic heterocycles. The number of amides is 2. The monoisotopic (exact) mass is 394 g/mol. The van der Waals surface area contributed by atoms with E-state index in [2.05, 4.69) is 5.32 Å². The lowest BCUT2D eigenvalue weighted by atomic mass is 10.0. The second-order valence-corrected chi connectivity index (χ2v) is 6.08. The average molecular weight is 395 g/mol. The number of halogens is 4. The molecule has 0 bridgehead atoms. The summed E-state index contributed by atoms with van der Waals surface area (Å²) in [6.45, 7) is 0.839. The summed E-state index contributed by atoms with van der Waals surface area (Å²) in [5.74, 6) is -3.06. The second-order valence-electron chi connectivity index (χ2n) is 5.67. The molecule has 2 N–H and O–H groups in total. The summed E-state index contributed by atoms with van der Waals surface area (Å²) in [4.78, 5) is 35.6. The molecule has 1 atom stereocenters. The minimum atomic E-state index is -4.57. The number of ether oxygens (including phenoxy) is 1. The molecule has 0 fully saturated rings. The maximum Gasteiger partial charge on any atom is 0.405 e. The number of rotatable bonds is 7. The number of hydrogen-bond acceptors (Lipinski definition) is 4. The molecule has 144 valence electrons. The Bertz CT molecular complexity index is 665. The number of nitrogens with one attached hydrogen (secondary N) is 2. The van der Waals surface area contributed by atoms with E-state index < -0.39 is 49.1 Å². The zero-order valence-corrected chi connectivity index (χ0v) is 14.8. The molecule has 1 rings (SSSR count). The van der Waals surface area contributed by atoms with Crippen molar-refractivity contribution in [1.29, 1.82) is 0 Å². The molecular weight excluding hydrogens is 377 g/mol. The molecule has 0 heterocycles. The molecule has 0 aliphatic rings. The number of carbonyl (C=O) groups excluding carboxylic acids is 3. The van der Waals surface area contributed by atoms with E-state index in [4.69, 9.17) is 16.3 Å². The van der Waals surface area contributed by atoms with E-state index >= 15 is 0 Å². The lowest BCUT2D eigenvalue weighted by Gasteiger charge is -2.21. The number of carbonyl (C=O) groups is 3. The van der Waals surface area contributed by atoms with Gasteiger partial charge in [-0.15, -0.1) is 0 Å². The molecule has 0 saturated heterocycles. The third-order valence-electron chi connectivity index (χ3n) is 3.16. The first-order chi connectivity index (χ1) is 12.0. The third-order valence-corrected chi connectivity index (χ3v) is 3.49. The molecule has 0 aromatic heterocycles. The zero-order chi connectivity index (χ0) is 19.9. The number of hydrogen-bond donors (Lipinski definition) is 2. The summed E-state index contributed by atoms with van der Waals surface area (Å²) in [5.41, 5.74) is 0.149. The zero-order valence-electron chi connectivity index (χ0n) is 14.0. The van der Waals surface area contributed by atoms with Crippen LogP contribution < -0.4 is 10.6 Å². The lowest BCUT2D eigenvalue weighted by Crippen LogP contribution is -2.46. The molecule has 0 aliphatic carbocycles. The van der Waals surface area contributed by atoms with Crippen molar-refractivity contribution in [2.45, 2.75) is 26.1 Å². The van der Waals surface area contributed by atoms with Crippen molar-refractivity contribution in [2.24, 2.45) is 5.92 Å². The van der Waals surface area contributed by atoms with Crippen molar-refractivity contribution in [3.63, 3.8) is 0 Å². The van der Waals surface area contributed by atoms with Gasteiger partial charge in [-0.3, -0.25) is 9.59 Å². The van der Waals surface area contributed by atoms with E-state index in [1.807, 2.05) is 0 Å². The molecule has 10 heteroatoms. The van der Waals surface area contributed by atoms with E-state index in [0.29, 0.717) is 0 Å². The topological polar surface area (TPSA) is 84.5 Å². The van der Waals surface area contributed by atoms with Gasteiger partial charge in [0.05, 0.1) is 10.6 Å². The van der Waals surface area contributed by atoms with Crippen LogP contribution in [0.25, 0.3) is 0 Å². The SMILES string of the molecule is CC(C)[C@H](NC(=O)c1ccccc1Cl)C(=O)OCC(=O)NCC(F)(F)F. The standard InChI is InChI=1S/C16H18ClF3N2O4/c1-9(2)13(22-14(24)10-5-3-4-6-11(10)17)15(25)26-7-12(23)21-8-16(18,19)20/h3-6,9,13H,7-8H2,1-2H3,(H,21,23)(H,22,24)/t13-/m0/s1. The Morgan fingerprint density at radius 3 is 2.35 bits per heavy atom. The highest BCUT2D eigenvalue weighted by atomic mass is 35.5. The smallest absolute Gasteiger partial charge is 0.405 e. The van der Waals surface area contributed by atoms with E-state index in [0.717, 1.165) is 0 Å². The highest BCUT2D eigenvalue weighted by molar-refractivity contribution is 6.33. The summed E-state index contributed by atoms with van der Waals surface area (Å²) in [6.07, 6.45) is -4.57. The van der Waals surface area contributed by atoms with E-state index in [1.54, 1.807) is 31.3 Å². The van der Waals surface area contributed by atoms with Crippen LogP contribution in [0.2, 0.25) is 5.02 Å². The average Bonchev–Trinajstić information content (AvgIpc) is 2.54. The van der Waals surface area contributed by atoms with Crippen LogP contribution in [-0.2, 0) is 14.3 Å². The summed E-state index contributed by atoms with van der Waals surface area (Å²) in [6, 6.07) is 5.09. The fourth-order valence-electron chi connectivity index (χ4n) is 1.84. The van der Waals surface area contributed by atoms with Crippen LogP contribution in [0.4, 0.5) is 13.2 Å². The van der Waals surface area contributed by atoms with Crippen molar-refractivity contribution in [2.75, 3.05) is 13.2 Å². The van der Waals surface area contributed by atoms with Gasteiger partial charge >= 0.3 is 12.1 Å². The van der Waals surface area contributed by atoms with Gasteiger partial charge in [0.15, 0.2) is 6.61 Å². The third kappa shape index (κ3) is 7.30. The molecular formula is C16H18ClF3N2O4. The van der Waals surface area contributed by atoms with Gasteiger partial charge in [-0.25, -0.2) is 4.79 Å². The Kier molecular flexibility index (Phi) is 7.88. The van der Waals surface area contributed by atoms with E-state index in [9.17, 15) is 27.6 Å². The van der Waals surface area contributed by atoms with Gasteiger partial charge in [-0.2, -0.15) is 13.2 Å². The Hall–Kier alpha value is -2.29. The Labute approximate surface area is 153 Å². The number of alkyl halides is 3. The van der Waals surface area contributed by atoms with Crippen LogP contribution in [0.15, 0.2) is 24.3 Å². The minimum absolute atomic E-state index is 0.149. The van der Waals surface area contributed by atoms with Crippen LogP contribution in [-0.4, -0.2) is 43.2 Å². The van der Waals surface area contributed by atoms with Crippen LogP contribution in [0, 0.1) is 5.92 Å². The van der Waals surface area contributed by atoms with Crippen LogP contribution in [0.5, 0.6) is 0 Å². The van der Waals surface area contributed by atoms with Gasteiger partial charge in [0.1, 0.15) is 12.6 Å². The molecule has 0 unspecified atom stereocenters. The normalized spacial score (nSPS) is 12.4. The quantitative estimate of drug-likeness (QED) is 0.695. The Balaban J connectivity index is 2.63. The van der Waals surface area contributed by atoms with E-state index in [1.165, 1.54) is 12.1 Å². The van der Waals surface area contributed by atoms with Gasteiger partial charge in [0.25, 0.3) is 11.8 Å². The Morgan fingerprint density at radius 1 is 1.19 bits per heavy atom. The summed E-state index contributed by atoms with van der Waals surface area (Å²) in [5, 5.41) is 4.21. The molecule has 1 aromatic rings. The fourth-order valence-corrected chi connectivity index (χ4v) is 2.06. The van der Waals surface area contributed by atoms with Crippen molar-refractivity contribution in [3.8, 4) is 0 Å².